The van der Waals surface area contributed by atoms with Gasteiger partial charge < -0.3 is 15.2 Å². The fraction of sp³-hybridized carbons (Fsp3) is 0.130. The lowest BCUT2D eigenvalue weighted by molar-refractivity contribution is 0.0989. The van der Waals surface area contributed by atoms with E-state index < -0.39 is 0 Å². The van der Waals surface area contributed by atoms with Gasteiger partial charge in [-0.2, -0.15) is 0 Å². The molecule has 2 aromatic carbocycles. The number of aromatic amines is 1. The van der Waals surface area contributed by atoms with Crippen LogP contribution in [0.3, 0.4) is 0 Å². The number of H-pyrrole nitrogens is 1. The Morgan fingerprint density at radius 1 is 1.07 bits per heavy atom. The standard InChI is InChI=1S/C23H20N4O/c28-23(27-14-11-16-3-1-2-4-21(16)27)17-5-7-19(8-6-17)26-15-18-9-12-24-22-20(18)10-13-25-22/h1-10,12-13,26H,11,14-15H2,(H,24,25). The maximum Gasteiger partial charge on any atom is 0.258 e. The first kappa shape index (κ1) is 16.6. The van der Waals surface area contributed by atoms with Crippen molar-refractivity contribution in [1.29, 1.82) is 0 Å². The summed E-state index contributed by atoms with van der Waals surface area (Å²) < 4.78 is 0. The number of nitrogens with zero attached hydrogens (tertiary/aromatic N) is 2. The van der Waals surface area contributed by atoms with Gasteiger partial charge in [0.1, 0.15) is 5.65 Å². The minimum atomic E-state index is 0.0552. The first-order valence-corrected chi connectivity index (χ1v) is 9.44. The van der Waals surface area contributed by atoms with Gasteiger partial charge in [0.25, 0.3) is 5.91 Å². The van der Waals surface area contributed by atoms with Crippen LogP contribution in [0.25, 0.3) is 11.0 Å². The van der Waals surface area contributed by atoms with Crippen LogP contribution in [0.5, 0.6) is 0 Å². The van der Waals surface area contributed by atoms with Crippen molar-refractivity contribution >= 4 is 28.3 Å². The van der Waals surface area contributed by atoms with Gasteiger partial charge >= 0.3 is 0 Å². The quantitative estimate of drug-likeness (QED) is 0.562. The van der Waals surface area contributed by atoms with Gasteiger partial charge in [-0.1, -0.05) is 18.2 Å². The molecule has 1 aliphatic rings. The molecular formula is C23H20N4O. The van der Waals surface area contributed by atoms with E-state index in [-0.39, 0.29) is 5.91 Å². The molecule has 0 fully saturated rings. The number of carbonyl (C=O) groups excluding carboxylic acids is 1. The van der Waals surface area contributed by atoms with Crippen molar-refractivity contribution in [2.24, 2.45) is 0 Å². The third kappa shape index (κ3) is 2.91. The number of hydrogen-bond donors (Lipinski definition) is 2. The average Bonchev–Trinajstić information content (AvgIpc) is 3.39. The number of pyridine rings is 1. The lowest BCUT2D eigenvalue weighted by Gasteiger charge is -2.17. The molecule has 0 unspecified atom stereocenters. The third-order valence-electron chi connectivity index (χ3n) is 5.30. The van der Waals surface area contributed by atoms with Crippen molar-refractivity contribution in [2.45, 2.75) is 13.0 Å². The summed E-state index contributed by atoms with van der Waals surface area (Å²) in [6.45, 7) is 1.44. The summed E-state index contributed by atoms with van der Waals surface area (Å²) in [5, 5.41) is 4.55. The van der Waals surface area contributed by atoms with Crippen molar-refractivity contribution in [1.82, 2.24) is 9.97 Å². The zero-order valence-corrected chi connectivity index (χ0v) is 15.4. The van der Waals surface area contributed by atoms with Crippen LogP contribution in [0.2, 0.25) is 0 Å². The molecule has 0 aliphatic carbocycles. The first-order chi connectivity index (χ1) is 13.8. The Hall–Kier alpha value is -3.60. The van der Waals surface area contributed by atoms with E-state index in [2.05, 4.69) is 21.4 Å². The number of anilines is 2. The van der Waals surface area contributed by atoms with E-state index in [0.29, 0.717) is 12.1 Å². The second-order valence-electron chi connectivity index (χ2n) is 6.98. The average molecular weight is 368 g/mol. The molecule has 0 bridgehead atoms. The number of amides is 1. The Morgan fingerprint density at radius 2 is 1.93 bits per heavy atom. The van der Waals surface area contributed by atoms with E-state index in [0.717, 1.165) is 35.4 Å². The normalized spacial score (nSPS) is 12.9. The minimum Gasteiger partial charge on any atom is -0.381 e. The van der Waals surface area contributed by atoms with Crippen LogP contribution in [0.15, 0.2) is 73.1 Å². The highest BCUT2D eigenvalue weighted by atomic mass is 16.2. The van der Waals surface area contributed by atoms with Crippen LogP contribution in [-0.4, -0.2) is 22.4 Å². The molecule has 2 N–H and O–H groups in total. The Morgan fingerprint density at radius 3 is 2.82 bits per heavy atom. The molecule has 5 nitrogen and oxygen atoms in total. The SMILES string of the molecule is O=C(c1ccc(NCc2ccnc3[nH]ccc23)cc1)N1CCc2ccccc21. The van der Waals surface area contributed by atoms with Crippen LogP contribution in [-0.2, 0) is 13.0 Å². The second kappa shape index (κ2) is 6.85. The highest BCUT2D eigenvalue weighted by molar-refractivity contribution is 6.07. The van der Waals surface area contributed by atoms with Gasteiger partial charge in [0.15, 0.2) is 0 Å². The van der Waals surface area contributed by atoms with Gasteiger partial charge in [-0.15, -0.1) is 0 Å². The molecule has 0 radical (unpaired) electrons. The highest BCUT2D eigenvalue weighted by Crippen LogP contribution is 2.29. The number of fused-ring (bicyclic) bond motifs is 2. The van der Waals surface area contributed by atoms with E-state index in [9.17, 15) is 4.79 Å². The van der Waals surface area contributed by atoms with E-state index in [1.807, 2.05) is 71.9 Å². The predicted molar refractivity (Wildman–Crippen MR) is 112 cm³/mol. The number of hydrogen-bond acceptors (Lipinski definition) is 3. The number of aromatic nitrogens is 2. The molecule has 4 aromatic rings. The summed E-state index contributed by atoms with van der Waals surface area (Å²) >= 11 is 0. The molecule has 0 spiro atoms. The molecule has 138 valence electrons. The Bertz CT molecular complexity index is 1150. The van der Waals surface area contributed by atoms with Crippen LogP contribution in [0, 0.1) is 0 Å². The van der Waals surface area contributed by atoms with Crippen molar-refractivity contribution in [2.75, 3.05) is 16.8 Å². The molecule has 0 saturated heterocycles. The fourth-order valence-corrected chi connectivity index (χ4v) is 3.81. The summed E-state index contributed by atoms with van der Waals surface area (Å²) in [5.74, 6) is 0.0552. The number of benzene rings is 2. The topological polar surface area (TPSA) is 61.0 Å². The molecule has 1 aliphatic heterocycles. The zero-order valence-electron chi connectivity index (χ0n) is 15.4. The Kier molecular flexibility index (Phi) is 4.05. The van der Waals surface area contributed by atoms with Crippen molar-refractivity contribution in [3.05, 3.63) is 89.7 Å². The molecule has 0 atom stereocenters. The van der Waals surface area contributed by atoms with Crippen LogP contribution in [0.1, 0.15) is 21.5 Å². The number of rotatable bonds is 4. The molecule has 0 saturated carbocycles. The van der Waals surface area contributed by atoms with E-state index in [1.165, 1.54) is 11.1 Å². The van der Waals surface area contributed by atoms with Crippen LogP contribution < -0.4 is 10.2 Å². The van der Waals surface area contributed by atoms with Gasteiger partial charge in [0.2, 0.25) is 0 Å². The maximum absolute atomic E-state index is 12.9. The zero-order chi connectivity index (χ0) is 18.9. The second-order valence-corrected chi connectivity index (χ2v) is 6.98. The maximum atomic E-state index is 12.9. The van der Waals surface area contributed by atoms with Crippen LogP contribution in [0.4, 0.5) is 11.4 Å². The fourth-order valence-electron chi connectivity index (χ4n) is 3.81. The molecule has 1 amide bonds. The van der Waals surface area contributed by atoms with Gasteiger partial charge in [0.05, 0.1) is 0 Å². The molecule has 3 heterocycles. The Balaban J connectivity index is 1.30. The van der Waals surface area contributed by atoms with Crippen LogP contribution >= 0.6 is 0 Å². The molecule has 2 aromatic heterocycles. The number of para-hydroxylation sites is 1. The summed E-state index contributed by atoms with van der Waals surface area (Å²) in [6.07, 6.45) is 4.63. The van der Waals surface area contributed by atoms with Gasteiger partial charge in [0, 0.05) is 47.8 Å². The summed E-state index contributed by atoms with van der Waals surface area (Å²) in [4.78, 5) is 22.2. The van der Waals surface area contributed by atoms with Crippen molar-refractivity contribution in [3.8, 4) is 0 Å². The van der Waals surface area contributed by atoms with Crippen molar-refractivity contribution < 1.29 is 4.79 Å². The molecule has 5 heteroatoms. The predicted octanol–water partition coefficient (Wildman–Crippen LogP) is 4.38. The van der Waals surface area contributed by atoms with Gasteiger partial charge in [-0.25, -0.2) is 4.98 Å². The Labute approximate surface area is 163 Å². The minimum absolute atomic E-state index is 0.0552. The molecule has 5 rings (SSSR count). The summed E-state index contributed by atoms with van der Waals surface area (Å²) in [7, 11) is 0. The summed E-state index contributed by atoms with van der Waals surface area (Å²) in [6, 6.07) is 19.9. The smallest absolute Gasteiger partial charge is 0.258 e. The highest BCUT2D eigenvalue weighted by Gasteiger charge is 2.24. The van der Waals surface area contributed by atoms with E-state index in [1.54, 1.807) is 0 Å². The van der Waals surface area contributed by atoms with Gasteiger partial charge in [-0.05, 0) is 60.0 Å². The van der Waals surface area contributed by atoms with Crippen molar-refractivity contribution in [3.63, 3.8) is 0 Å². The van der Waals surface area contributed by atoms with Gasteiger partial charge in [-0.3, -0.25) is 4.79 Å². The largest absolute Gasteiger partial charge is 0.381 e. The molecule has 28 heavy (non-hydrogen) atoms. The monoisotopic (exact) mass is 368 g/mol. The lowest BCUT2D eigenvalue weighted by Crippen LogP contribution is -2.28. The lowest BCUT2D eigenvalue weighted by atomic mass is 10.1. The summed E-state index contributed by atoms with van der Waals surface area (Å²) in [5.41, 5.74) is 6.04. The third-order valence-corrected chi connectivity index (χ3v) is 5.30. The molecular weight excluding hydrogens is 348 g/mol. The number of nitrogens with one attached hydrogen (secondary N) is 2. The van der Waals surface area contributed by atoms with E-state index >= 15 is 0 Å². The van der Waals surface area contributed by atoms with E-state index in [4.69, 9.17) is 0 Å². The number of carbonyl (C=O) groups is 1. The first-order valence-electron chi connectivity index (χ1n) is 9.44.